The highest BCUT2D eigenvalue weighted by atomic mass is 19.1. The highest BCUT2D eigenvalue weighted by Gasteiger charge is 2.30. The third-order valence-electron chi connectivity index (χ3n) is 5.64. The molecular weight excluding hydrogens is 378 g/mol. The Morgan fingerprint density at radius 1 is 1.21 bits per heavy atom. The van der Waals surface area contributed by atoms with Crippen molar-refractivity contribution in [2.24, 2.45) is 0 Å². The van der Waals surface area contributed by atoms with Crippen LogP contribution in [-0.2, 0) is 0 Å². The van der Waals surface area contributed by atoms with Crippen LogP contribution in [0.1, 0.15) is 43.0 Å². The molecule has 1 fully saturated rings. The second-order valence-corrected chi connectivity index (χ2v) is 7.60. The van der Waals surface area contributed by atoms with Crippen molar-refractivity contribution >= 4 is 22.0 Å². The quantitative estimate of drug-likeness (QED) is 0.541. The number of aliphatic hydroxyl groups is 1. The number of oxazole rings is 1. The van der Waals surface area contributed by atoms with Crippen molar-refractivity contribution in [3.05, 3.63) is 63.8 Å². The van der Waals surface area contributed by atoms with Gasteiger partial charge < -0.3 is 14.1 Å². The Morgan fingerprint density at radius 3 is 2.66 bits per heavy atom. The van der Waals surface area contributed by atoms with Gasteiger partial charge in [0.1, 0.15) is 11.6 Å². The monoisotopic (exact) mass is 396 g/mol. The predicted octanol–water partition coefficient (Wildman–Crippen LogP) is 4.78. The number of aromatic nitrogens is 2. The number of aryl methyl sites for hydroxylation is 1. The van der Waals surface area contributed by atoms with Crippen LogP contribution in [0.2, 0.25) is 0 Å². The molecule has 5 rings (SSSR count). The largest absolute Gasteiger partial charge is 0.443 e. The lowest BCUT2D eigenvalue weighted by atomic mass is 9.95. The minimum Gasteiger partial charge on any atom is -0.443 e. The van der Waals surface area contributed by atoms with Gasteiger partial charge in [0.25, 0.3) is 5.56 Å². The van der Waals surface area contributed by atoms with Gasteiger partial charge in [-0.05, 0) is 56.0 Å². The number of hydrogen-bond acceptors (Lipinski definition) is 4. The van der Waals surface area contributed by atoms with Crippen LogP contribution >= 0.6 is 0 Å². The molecule has 0 radical (unpaired) electrons. The van der Waals surface area contributed by atoms with E-state index in [1.54, 1.807) is 23.6 Å². The molecule has 0 spiro atoms. The lowest BCUT2D eigenvalue weighted by Gasteiger charge is -2.16. The highest BCUT2D eigenvalue weighted by Crippen LogP contribution is 2.40. The lowest BCUT2D eigenvalue weighted by Crippen LogP contribution is -2.20. The zero-order valence-corrected chi connectivity index (χ0v) is 15.9. The summed E-state index contributed by atoms with van der Waals surface area (Å²) in [5.74, 6) is -1.31. The number of halogens is 2. The zero-order valence-electron chi connectivity index (χ0n) is 15.9. The fourth-order valence-electron chi connectivity index (χ4n) is 4.06. The summed E-state index contributed by atoms with van der Waals surface area (Å²) in [6, 6.07) is 5.63. The van der Waals surface area contributed by atoms with Gasteiger partial charge in [-0.3, -0.25) is 4.79 Å². The second-order valence-electron chi connectivity index (χ2n) is 7.60. The molecule has 1 aliphatic rings. The fraction of sp³-hybridized carbons (Fsp3) is 0.273. The van der Waals surface area contributed by atoms with Crippen LogP contribution in [-0.4, -0.2) is 14.7 Å². The molecule has 4 aromatic rings. The number of hydrogen-bond donors (Lipinski definition) is 1. The second kappa shape index (κ2) is 6.22. The molecule has 2 aromatic carbocycles. The molecule has 2 heterocycles. The van der Waals surface area contributed by atoms with Gasteiger partial charge in [0.2, 0.25) is 0 Å². The van der Waals surface area contributed by atoms with E-state index in [1.807, 2.05) is 0 Å². The van der Waals surface area contributed by atoms with Gasteiger partial charge >= 0.3 is 0 Å². The summed E-state index contributed by atoms with van der Waals surface area (Å²) in [6.07, 6.45) is 1.90. The van der Waals surface area contributed by atoms with Crippen molar-refractivity contribution in [1.82, 2.24) is 9.55 Å². The van der Waals surface area contributed by atoms with E-state index in [2.05, 4.69) is 4.98 Å². The smallest absolute Gasteiger partial charge is 0.281 e. The van der Waals surface area contributed by atoms with Crippen LogP contribution < -0.4 is 5.56 Å². The Hall–Kier alpha value is -3.06. The molecule has 0 aliphatic heterocycles. The molecule has 0 amide bonds. The number of benzene rings is 2. The van der Waals surface area contributed by atoms with E-state index in [1.165, 1.54) is 13.3 Å². The van der Waals surface area contributed by atoms with E-state index in [4.69, 9.17) is 4.42 Å². The maximum absolute atomic E-state index is 14.8. The average molecular weight is 396 g/mol. The number of aliphatic hydroxyl groups excluding tert-OH is 1. The third kappa shape index (κ3) is 2.61. The Morgan fingerprint density at radius 2 is 1.97 bits per heavy atom. The summed E-state index contributed by atoms with van der Waals surface area (Å²) in [4.78, 5) is 17.1. The van der Waals surface area contributed by atoms with Crippen molar-refractivity contribution in [3.63, 3.8) is 0 Å². The Bertz CT molecular complexity index is 1350. The normalized spacial score (nSPS) is 15.3. The fourth-order valence-corrected chi connectivity index (χ4v) is 4.06. The molecule has 1 saturated carbocycles. The summed E-state index contributed by atoms with van der Waals surface area (Å²) < 4.78 is 36.5. The SMILES string of the molecule is Cc1c(-c2cc(F)c(C(C)O)cc2F)ccc2c3ocnc3c(=O)n(C3CC3)c12. The van der Waals surface area contributed by atoms with E-state index in [-0.39, 0.29) is 28.2 Å². The van der Waals surface area contributed by atoms with Gasteiger partial charge in [-0.2, -0.15) is 0 Å². The minimum absolute atomic E-state index is 0.0687. The van der Waals surface area contributed by atoms with Gasteiger partial charge in [-0.1, -0.05) is 6.07 Å². The van der Waals surface area contributed by atoms with E-state index in [0.717, 1.165) is 25.0 Å². The van der Waals surface area contributed by atoms with Crippen molar-refractivity contribution in [3.8, 4) is 11.1 Å². The number of pyridine rings is 1. The lowest BCUT2D eigenvalue weighted by molar-refractivity contribution is 0.193. The third-order valence-corrected chi connectivity index (χ3v) is 5.64. The summed E-state index contributed by atoms with van der Waals surface area (Å²) in [6.45, 7) is 3.17. The van der Waals surface area contributed by atoms with Crippen LogP contribution in [0, 0.1) is 18.6 Å². The molecule has 1 unspecified atom stereocenters. The molecule has 5 nitrogen and oxygen atoms in total. The molecule has 0 bridgehead atoms. The summed E-state index contributed by atoms with van der Waals surface area (Å²) >= 11 is 0. The molecular formula is C22H18F2N2O3. The van der Waals surface area contributed by atoms with Crippen LogP contribution in [0.3, 0.4) is 0 Å². The number of nitrogens with zero attached hydrogens (tertiary/aromatic N) is 2. The first-order chi connectivity index (χ1) is 13.9. The number of fused-ring (bicyclic) bond motifs is 3. The van der Waals surface area contributed by atoms with E-state index in [0.29, 0.717) is 27.6 Å². The average Bonchev–Trinajstić information content (AvgIpc) is 3.39. The van der Waals surface area contributed by atoms with Crippen molar-refractivity contribution in [2.45, 2.75) is 38.8 Å². The molecule has 29 heavy (non-hydrogen) atoms. The molecule has 2 aromatic heterocycles. The zero-order chi connectivity index (χ0) is 20.4. The van der Waals surface area contributed by atoms with Crippen LogP contribution in [0.15, 0.2) is 39.9 Å². The van der Waals surface area contributed by atoms with Crippen LogP contribution in [0.25, 0.3) is 33.1 Å². The van der Waals surface area contributed by atoms with E-state index < -0.39 is 17.7 Å². The van der Waals surface area contributed by atoms with E-state index in [9.17, 15) is 18.7 Å². The van der Waals surface area contributed by atoms with Crippen LogP contribution in [0.4, 0.5) is 8.78 Å². The van der Waals surface area contributed by atoms with E-state index >= 15 is 0 Å². The van der Waals surface area contributed by atoms with Crippen molar-refractivity contribution < 1.29 is 18.3 Å². The van der Waals surface area contributed by atoms with Crippen molar-refractivity contribution in [2.75, 3.05) is 0 Å². The Kier molecular flexibility index (Phi) is 3.86. The minimum atomic E-state index is -1.11. The van der Waals surface area contributed by atoms with Gasteiger partial charge in [0, 0.05) is 22.6 Å². The topological polar surface area (TPSA) is 68.3 Å². The molecule has 0 saturated heterocycles. The predicted molar refractivity (Wildman–Crippen MR) is 105 cm³/mol. The molecule has 1 atom stereocenters. The summed E-state index contributed by atoms with van der Waals surface area (Å²) in [5, 5.41) is 10.4. The molecule has 1 N–H and O–H groups in total. The van der Waals surface area contributed by atoms with Gasteiger partial charge in [-0.15, -0.1) is 0 Å². The molecule has 1 aliphatic carbocycles. The Balaban J connectivity index is 1.85. The first-order valence-corrected chi connectivity index (χ1v) is 9.47. The Labute approximate surface area is 164 Å². The first-order valence-electron chi connectivity index (χ1n) is 9.47. The number of rotatable bonds is 3. The molecule has 7 heteroatoms. The highest BCUT2D eigenvalue weighted by molar-refractivity contribution is 6.04. The maximum Gasteiger partial charge on any atom is 0.281 e. The van der Waals surface area contributed by atoms with Gasteiger partial charge in [0.05, 0.1) is 11.6 Å². The van der Waals surface area contributed by atoms with Crippen molar-refractivity contribution in [1.29, 1.82) is 0 Å². The summed E-state index contributed by atoms with van der Waals surface area (Å²) in [5.41, 5.74) is 2.22. The van der Waals surface area contributed by atoms with Crippen LogP contribution in [0.5, 0.6) is 0 Å². The maximum atomic E-state index is 14.8. The standard InChI is InChI=1S/C22H18F2N2O3/c1-10-13(16-8-17(23)15(11(2)27)7-18(16)24)5-6-14-20(10)26(12-3-4-12)22(28)19-21(14)29-9-25-19/h5-9,11-12,27H,3-4H2,1-2H3. The summed E-state index contributed by atoms with van der Waals surface area (Å²) in [7, 11) is 0. The van der Waals surface area contributed by atoms with Gasteiger partial charge in [0.15, 0.2) is 17.5 Å². The first kappa shape index (κ1) is 18.0. The molecule has 148 valence electrons. The van der Waals surface area contributed by atoms with Gasteiger partial charge in [-0.25, -0.2) is 13.8 Å².